The van der Waals surface area contributed by atoms with Gasteiger partial charge in [-0.15, -0.1) is 11.3 Å². The molecule has 0 bridgehead atoms. The largest absolute Gasteiger partial charge is 0.496 e. The van der Waals surface area contributed by atoms with Crippen LogP contribution in [0.4, 0.5) is 0 Å². The molecule has 1 atom stereocenters. The monoisotopic (exact) mass is 415 g/mol. The molecule has 1 saturated heterocycles. The molecule has 6 heteroatoms. The summed E-state index contributed by atoms with van der Waals surface area (Å²) in [6, 6.07) is 8.27. The Labute approximate surface area is 178 Å². The van der Waals surface area contributed by atoms with Crippen molar-refractivity contribution >= 4 is 17.2 Å². The fraction of sp³-hybridized carbons (Fsp3) is 0.565. The molecular weight excluding hydrogens is 382 g/mol. The van der Waals surface area contributed by atoms with E-state index < -0.39 is 0 Å². The van der Waals surface area contributed by atoms with Crippen LogP contribution in [0.25, 0.3) is 0 Å². The molecule has 0 saturated carbocycles. The van der Waals surface area contributed by atoms with E-state index in [0.29, 0.717) is 12.3 Å². The summed E-state index contributed by atoms with van der Waals surface area (Å²) in [4.78, 5) is 22.7. The van der Waals surface area contributed by atoms with Crippen LogP contribution in [0.15, 0.2) is 24.3 Å². The summed E-state index contributed by atoms with van der Waals surface area (Å²) in [5.41, 5.74) is 2.26. The fourth-order valence-corrected chi connectivity index (χ4v) is 5.12. The number of carbonyl (C=O) groups excluding carboxylic acids is 1. The second-order valence-electron chi connectivity index (χ2n) is 8.06. The molecule has 158 valence electrons. The van der Waals surface area contributed by atoms with Gasteiger partial charge in [0.15, 0.2) is 0 Å². The molecule has 2 aromatic rings. The van der Waals surface area contributed by atoms with Crippen molar-refractivity contribution in [3.05, 3.63) is 45.4 Å². The van der Waals surface area contributed by atoms with Crippen LogP contribution in [-0.4, -0.2) is 61.0 Å². The summed E-state index contributed by atoms with van der Waals surface area (Å²) < 4.78 is 5.48. The normalized spacial score (nSPS) is 17.3. The van der Waals surface area contributed by atoms with Gasteiger partial charge in [0.1, 0.15) is 5.75 Å². The zero-order valence-corrected chi connectivity index (χ0v) is 18.9. The number of aryl methyl sites for hydroxylation is 2. The lowest BCUT2D eigenvalue weighted by atomic mass is 9.97. The third-order valence-corrected chi connectivity index (χ3v) is 6.84. The van der Waals surface area contributed by atoms with Crippen LogP contribution in [0.1, 0.15) is 34.0 Å². The van der Waals surface area contributed by atoms with Gasteiger partial charge >= 0.3 is 0 Å². The van der Waals surface area contributed by atoms with Gasteiger partial charge in [0.2, 0.25) is 5.91 Å². The number of aromatic nitrogens is 1. The third-order valence-electron chi connectivity index (χ3n) is 5.76. The quantitative estimate of drug-likeness (QED) is 0.659. The smallest absolute Gasteiger partial charge is 0.227 e. The SMILES string of the molecule is COc1ccccc1CCN1CCCC(CN(C)C(=O)Cc2sc(C)nc2C)C1. The second-order valence-corrected chi connectivity index (χ2v) is 9.35. The number of thiazole rings is 1. The van der Waals surface area contributed by atoms with Crippen LogP contribution in [0.3, 0.4) is 0 Å². The molecular formula is C23H33N3O2S. The first-order chi connectivity index (χ1) is 14.0. The van der Waals surface area contributed by atoms with Crippen molar-refractivity contribution in [1.82, 2.24) is 14.8 Å². The average molecular weight is 416 g/mol. The molecule has 0 radical (unpaired) electrons. The number of amides is 1. The average Bonchev–Trinajstić information content (AvgIpc) is 3.03. The lowest BCUT2D eigenvalue weighted by Crippen LogP contribution is -2.42. The van der Waals surface area contributed by atoms with E-state index in [9.17, 15) is 4.79 Å². The van der Waals surface area contributed by atoms with Gasteiger partial charge in [0.05, 0.1) is 24.2 Å². The molecule has 2 heterocycles. The van der Waals surface area contributed by atoms with Crippen LogP contribution >= 0.6 is 11.3 Å². The highest BCUT2D eigenvalue weighted by Gasteiger charge is 2.23. The van der Waals surface area contributed by atoms with Gasteiger partial charge in [-0.2, -0.15) is 0 Å². The standard InChI is InChI=1S/C23H33N3O2S/c1-17-22(29-18(2)24-17)14-23(27)25(3)15-19-8-7-12-26(16-19)13-11-20-9-5-6-10-21(20)28-4/h5-6,9-10,19H,7-8,11-16H2,1-4H3. The molecule has 29 heavy (non-hydrogen) atoms. The minimum atomic E-state index is 0.197. The predicted octanol–water partition coefficient (Wildman–Crippen LogP) is 3.72. The first kappa shape index (κ1) is 21.8. The number of likely N-dealkylation sites (tertiary alicyclic amines) is 1. The molecule has 0 spiro atoms. The number of rotatable bonds is 8. The molecule has 0 aliphatic carbocycles. The zero-order chi connectivity index (χ0) is 20.8. The highest BCUT2D eigenvalue weighted by Crippen LogP contribution is 2.22. The lowest BCUT2D eigenvalue weighted by molar-refractivity contribution is -0.129. The van der Waals surface area contributed by atoms with E-state index >= 15 is 0 Å². The Kier molecular flexibility index (Phi) is 7.67. The van der Waals surface area contributed by atoms with Crippen LogP contribution in [0, 0.1) is 19.8 Å². The van der Waals surface area contributed by atoms with Crippen molar-refractivity contribution in [3.8, 4) is 5.75 Å². The highest BCUT2D eigenvalue weighted by molar-refractivity contribution is 7.11. The lowest BCUT2D eigenvalue weighted by Gasteiger charge is -2.34. The minimum absolute atomic E-state index is 0.197. The number of para-hydroxylation sites is 1. The molecule has 3 rings (SSSR count). The number of ether oxygens (including phenoxy) is 1. The first-order valence-electron chi connectivity index (χ1n) is 10.5. The first-order valence-corrected chi connectivity index (χ1v) is 11.3. The topological polar surface area (TPSA) is 45.7 Å². The third kappa shape index (κ3) is 6.03. The van der Waals surface area contributed by atoms with E-state index in [0.717, 1.165) is 53.9 Å². The molecule has 5 nitrogen and oxygen atoms in total. The Bertz CT molecular complexity index is 820. The van der Waals surface area contributed by atoms with Gasteiger partial charge in [-0.25, -0.2) is 4.98 Å². The Balaban J connectivity index is 1.48. The summed E-state index contributed by atoms with van der Waals surface area (Å²) in [5.74, 6) is 1.71. The van der Waals surface area contributed by atoms with Crippen LogP contribution in [0.5, 0.6) is 5.75 Å². The Hall–Kier alpha value is -1.92. The summed E-state index contributed by atoms with van der Waals surface area (Å²) in [6.45, 7) is 8.06. The number of nitrogens with zero attached hydrogens (tertiary/aromatic N) is 3. The second kappa shape index (κ2) is 10.2. The van der Waals surface area contributed by atoms with E-state index in [-0.39, 0.29) is 5.91 Å². The van der Waals surface area contributed by atoms with E-state index in [2.05, 4.69) is 22.0 Å². The Morgan fingerprint density at radius 2 is 2.14 bits per heavy atom. The molecule has 1 fully saturated rings. The van der Waals surface area contributed by atoms with E-state index in [1.165, 1.54) is 18.4 Å². The maximum Gasteiger partial charge on any atom is 0.227 e. The summed E-state index contributed by atoms with van der Waals surface area (Å²) >= 11 is 1.64. The van der Waals surface area contributed by atoms with E-state index in [1.54, 1.807) is 18.4 Å². The summed E-state index contributed by atoms with van der Waals surface area (Å²) in [5, 5.41) is 1.03. The molecule has 0 N–H and O–H groups in total. The zero-order valence-electron chi connectivity index (χ0n) is 18.1. The minimum Gasteiger partial charge on any atom is -0.496 e. The van der Waals surface area contributed by atoms with Crippen LogP contribution in [0.2, 0.25) is 0 Å². The van der Waals surface area contributed by atoms with Crippen molar-refractivity contribution in [3.63, 3.8) is 0 Å². The number of methoxy groups -OCH3 is 1. The molecule has 1 aliphatic rings. The fourth-order valence-electron chi connectivity index (χ4n) is 4.19. The predicted molar refractivity (Wildman–Crippen MR) is 119 cm³/mol. The van der Waals surface area contributed by atoms with Gasteiger partial charge in [-0.05, 0) is 57.2 Å². The van der Waals surface area contributed by atoms with Gasteiger partial charge in [0.25, 0.3) is 0 Å². The van der Waals surface area contributed by atoms with E-state index in [4.69, 9.17) is 4.74 Å². The Morgan fingerprint density at radius 3 is 2.86 bits per heavy atom. The van der Waals surface area contributed by atoms with Crippen LogP contribution in [-0.2, 0) is 17.6 Å². The van der Waals surface area contributed by atoms with Crippen molar-refractivity contribution in [1.29, 1.82) is 0 Å². The van der Waals surface area contributed by atoms with Gasteiger partial charge < -0.3 is 14.5 Å². The molecule has 1 aromatic heterocycles. The number of hydrogen-bond donors (Lipinski definition) is 0. The number of piperidine rings is 1. The van der Waals surface area contributed by atoms with Crippen LogP contribution < -0.4 is 4.74 Å². The van der Waals surface area contributed by atoms with Crippen molar-refractivity contribution < 1.29 is 9.53 Å². The molecule has 1 unspecified atom stereocenters. The summed E-state index contributed by atoms with van der Waals surface area (Å²) in [6.07, 6.45) is 3.86. The number of benzene rings is 1. The van der Waals surface area contributed by atoms with Gasteiger partial charge in [-0.1, -0.05) is 18.2 Å². The van der Waals surface area contributed by atoms with Crippen molar-refractivity contribution in [2.24, 2.45) is 5.92 Å². The Morgan fingerprint density at radius 1 is 1.34 bits per heavy atom. The van der Waals surface area contributed by atoms with Gasteiger partial charge in [-0.3, -0.25) is 4.79 Å². The molecule has 1 aromatic carbocycles. The van der Waals surface area contributed by atoms with Gasteiger partial charge in [0, 0.05) is 31.6 Å². The summed E-state index contributed by atoms with van der Waals surface area (Å²) in [7, 11) is 3.68. The maximum absolute atomic E-state index is 12.7. The molecule has 1 aliphatic heterocycles. The maximum atomic E-state index is 12.7. The molecule has 1 amide bonds. The van der Waals surface area contributed by atoms with E-state index in [1.807, 2.05) is 37.9 Å². The number of likely N-dealkylation sites (N-methyl/N-ethyl adjacent to an activating group) is 1. The number of carbonyl (C=O) groups is 1. The van der Waals surface area contributed by atoms with Crippen molar-refractivity contribution in [2.45, 2.75) is 39.5 Å². The highest BCUT2D eigenvalue weighted by atomic mass is 32.1. The van der Waals surface area contributed by atoms with Crippen molar-refractivity contribution in [2.75, 3.05) is 40.3 Å². The number of hydrogen-bond acceptors (Lipinski definition) is 5.